The highest BCUT2D eigenvalue weighted by Crippen LogP contribution is 2.47. The number of amides is 6. The number of carbonyl (C=O) groups is 7. The van der Waals surface area contributed by atoms with Crippen molar-refractivity contribution in [3.63, 3.8) is 0 Å². The number of aryl methyl sites for hydroxylation is 1. The number of nitrogens with zero attached hydrogens (tertiary/aromatic N) is 3. The van der Waals surface area contributed by atoms with Crippen LogP contribution in [0.15, 0.2) is 56.2 Å². The van der Waals surface area contributed by atoms with Gasteiger partial charge in [-0.1, -0.05) is 39.0 Å². The number of pyridine rings is 2. The van der Waals surface area contributed by atoms with Gasteiger partial charge < -0.3 is 45.5 Å². The first-order valence-electron chi connectivity index (χ1n) is 28.1. The van der Waals surface area contributed by atoms with Gasteiger partial charge in [0.1, 0.15) is 51.8 Å². The summed E-state index contributed by atoms with van der Waals surface area (Å²) in [6, 6.07) is 1.16. The van der Waals surface area contributed by atoms with Crippen molar-refractivity contribution in [2.24, 2.45) is 28.9 Å². The minimum atomic E-state index is -4.85. The van der Waals surface area contributed by atoms with E-state index in [1.165, 1.54) is 12.1 Å². The molecule has 29 heteroatoms. The predicted molar refractivity (Wildman–Crippen MR) is 308 cm³/mol. The molecular weight excluding hydrogens is 1170 g/mol. The summed E-state index contributed by atoms with van der Waals surface area (Å²) in [4.78, 5) is 99.1. The molecule has 5 saturated carbocycles. The Morgan fingerprint density at radius 1 is 0.756 bits per heavy atom. The Balaban J connectivity index is 0.000000288. The fourth-order valence-corrected chi connectivity index (χ4v) is 12.3. The van der Waals surface area contributed by atoms with Crippen LogP contribution in [0.2, 0.25) is 0 Å². The molecule has 24 nitrogen and oxygen atoms in total. The van der Waals surface area contributed by atoms with Gasteiger partial charge in [-0.3, -0.25) is 28.6 Å². The Hall–Kier alpha value is -6.88. The number of alkyl carbamates (subject to hydrolysis) is 2. The molecular formula is C57H80F3N9O15S2. The summed E-state index contributed by atoms with van der Waals surface area (Å²) in [5.41, 5.74) is -1.51. The summed E-state index contributed by atoms with van der Waals surface area (Å²) in [5.74, 6) is -4.61. The second-order valence-corrected chi connectivity index (χ2v) is 29.5. The lowest BCUT2D eigenvalue weighted by atomic mass is 9.85. The van der Waals surface area contributed by atoms with Gasteiger partial charge in [-0.15, -0.1) is 19.7 Å². The third-order valence-corrected chi connectivity index (χ3v) is 18.5. The number of hydrogen-bond acceptors (Lipinski definition) is 18. The maximum atomic E-state index is 14.4. The maximum absolute atomic E-state index is 14.4. The molecule has 7 N–H and O–H groups in total. The lowest BCUT2D eigenvalue weighted by molar-refractivity contribution is -0.147. The normalized spacial score (nSPS) is 26.2. The number of rotatable bonds is 18. The van der Waals surface area contributed by atoms with Crippen LogP contribution in [0.1, 0.15) is 132 Å². The number of ether oxygens (including phenoxy) is 4. The number of sulfonamides is 2. The summed E-state index contributed by atoms with van der Waals surface area (Å²) < 4.78 is 116. The number of esters is 1. The molecule has 6 fully saturated rings. The third-order valence-electron chi connectivity index (χ3n) is 14.9. The third kappa shape index (κ3) is 16.6. The summed E-state index contributed by atoms with van der Waals surface area (Å²) >= 11 is 0. The smallest absolute Gasteiger partial charge is 0.433 e. The first-order chi connectivity index (χ1) is 39.5. The number of fused-ring (bicyclic) bond motifs is 1. The molecule has 6 amide bonds. The fourth-order valence-electron chi connectivity index (χ4n) is 9.52. The number of nitrogens with one attached hydrogen (secondary N) is 5. The van der Waals surface area contributed by atoms with Crippen LogP contribution >= 0.6 is 0 Å². The number of aromatic nitrogens is 2. The molecule has 476 valence electrons. The largest absolute Gasteiger partial charge is 0.488 e. The van der Waals surface area contributed by atoms with Crippen LogP contribution in [0, 0.1) is 30.1 Å². The first kappa shape index (κ1) is 68.2. The lowest BCUT2D eigenvalue weighted by Gasteiger charge is -2.36. The molecule has 0 aromatic carbocycles. The molecule has 3 heterocycles. The average Bonchev–Trinajstić information content (AvgIpc) is 1.69. The van der Waals surface area contributed by atoms with Gasteiger partial charge in [-0.2, -0.15) is 13.2 Å². The van der Waals surface area contributed by atoms with Crippen molar-refractivity contribution < 1.29 is 82.5 Å². The van der Waals surface area contributed by atoms with Crippen molar-refractivity contribution in [3.05, 3.63) is 67.6 Å². The number of hydrogen-bond donors (Lipinski definition) is 6. The highest BCUT2D eigenvalue weighted by molar-refractivity contribution is 7.91. The van der Waals surface area contributed by atoms with E-state index in [1.54, 1.807) is 94.4 Å². The molecule has 0 bridgehead atoms. The minimum absolute atomic E-state index is 0.0370. The van der Waals surface area contributed by atoms with E-state index >= 15 is 0 Å². The Kier molecular flexibility index (Phi) is 19.6. The van der Waals surface area contributed by atoms with Crippen molar-refractivity contribution in [2.75, 3.05) is 13.2 Å². The van der Waals surface area contributed by atoms with Gasteiger partial charge in [-0.05, 0) is 118 Å². The van der Waals surface area contributed by atoms with E-state index in [-0.39, 0.29) is 54.6 Å². The van der Waals surface area contributed by atoms with Crippen LogP contribution < -0.4 is 35.9 Å². The summed E-state index contributed by atoms with van der Waals surface area (Å²) in [6.45, 7) is 29.4. The maximum Gasteiger partial charge on any atom is 0.433 e. The van der Waals surface area contributed by atoms with E-state index < -0.39 is 142 Å². The topological polar surface area (TPSA) is 340 Å². The Bertz CT molecular complexity index is 3260. The molecule has 86 heavy (non-hydrogen) atoms. The number of nitrogens with two attached hydrogens (primary N) is 1. The Morgan fingerprint density at radius 3 is 1.74 bits per heavy atom. The quantitative estimate of drug-likeness (QED) is 0.0615. The van der Waals surface area contributed by atoms with E-state index in [9.17, 15) is 63.6 Å². The second kappa shape index (κ2) is 24.7. The molecule has 2 aromatic heterocycles. The molecule has 5 aliphatic carbocycles. The number of carbonyl (C=O) groups excluding carboxylic acids is 7. The molecule has 6 unspecified atom stereocenters. The van der Waals surface area contributed by atoms with Gasteiger partial charge in [0.05, 0.1) is 29.0 Å². The summed E-state index contributed by atoms with van der Waals surface area (Å²) in [5, 5.41) is 6.90. The van der Waals surface area contributed by atoms with Crippen molar-refractivity contribution in [3.8, 4) is 5.75 Å². The van der Waals surface area contributed by atoms with Crippen LogP contribution in [-0.2, 0) is 64.4 Å². The zero-order chi connectivity index (χ0) is 64.7. The van der Waals surface area contributed by atoms with E-state index in [0.717, 1.165) is 11.0 Å². The van der Waals surface area contributed by atoms with Crippen LogP contribution in [0.5, 0.6) is 5.75 Å². The second-order valence-electron chi connectivity index (χ2n) is 25.6. The molecule has 6 aliphatic rings. The van der Waals surface area contributed by atoms with Gasteiger partial charge in [0, 0.05) is 35.9 Å². The first-order valence-corrected chi connectivity index (χ1v) is 31.2. The molecule has 2 aromatic rings. The van der Waals surface area contributed by atoms with E-state index in [4.69, 9.17) is 24.7 Å². The molecule has 1 aliphatic heterocycles. The average molecular weight is 1250 g/mol. The van der Waals surface area contributed by atoms with E-state index in [2.05, 4.69) is 50.4 Å². The van der Waals surface area contributed by atoms with Gasteiger partial charge in [-0.25, -0.2) is 41.2 Å². The Labute approximate surface area is 499 Å². The number of halogens is 3. The SMILES string of the molecule is C=CC1CC1(N)C(=O)NS(=O)(=O)C1CC1.C=CC1CC1(NC(=O)OC(C)(C)C)C(=O)OCC.C=CC1CC1(NC(=O)[C@@H]1C[C@@H](Oc2cc(C(F)(F)F)nc3nc(C)ccc23)CN1C(=O)[C@@H](NC(=O)OC(C)(C)C)C(C)(C)C)C(=O)NS(=O)(=O)C1CC1. The monoisotopic (exact) mass is 1250 g/mol. The van der Waals surface area contributed by atoms with Crippen LogP contribution in [-0.4, -0.2) is 143 Å². The molecule has 0 radical (unpaired) electrons. The van der Waals surface area contributed by atoms with Crippen LogP contribution in [0.3, 0.4) is 0 Å². The van der Waals surface area contributed by atoms with Crippen molar-refractivity contribution in [2.45, 2.75) is 190 Å². The predicted octanol–water partition coefficient (Wildman–Crippen LogP) is 5.43. The van der Waals surface area contributed by atoms with E-state index in [1.807, 2.05) is 4.72 Å². The van der Waals surface area contributed by atoms with Crippen molar-refractivity contribution in [1.29, 1.82) is 0 Å². The summed E-state index contributed by atoms with van der Waals surface area (Å²) in [6.07, 6.45) is 0.0408. The van der Waals surface area contributed by atoms with Gasteiger partial charge >= 0.3 is 24.3 Å². The zero-order valence-electron chi connectivity index (χ0n) is 50.3. The zero-order valence-corrected chi connectivity index (χ0v) is 51.9. The standard InChI is InChI=1S/C35H45F3N6O8S.C13H21NO4.C9H14N2O3S/c1-9-19-16-34(19,30(47)43-53(49,50)21-11-12-21)42-28(45)23-14-20(17-44(23)29(46)26(32(3,4)5)41-31(48)52-33(6,7)8)51-24-15-25(35(36,37)38)40-27-22(24)13-10-18(2)39-27;1-6-9-8-13(9,10(15)17-7-2)14-11(16)18-12(3,4)5;1-2-6-5-9(6,10)8(12)11-15(13,14)7-3-4-7/h9-10,13,15,19-21,23,26H,1,11-12,14,16-17H2,2-8H3,(H,41,48)(H,42,45)(H,43,47);6,9H,1,7-8H2,2-5H3,(H,14,16);2,6-7H,1,3-5,10H2,(H,11,12)/t19?,20-,23+,26-,34?;;/m1../s1. The molecule has 1 saturated heterocycles. The lowest BCUT2D eigenvalue weighted by Crippen LogP contribution is -2.60. The minimum Gasteiger partial charge on any atom is -0.488 e. The van der Waals surface area contributed by atoms with Crippen LogP contribution in [0.25, 0.3) is 11.0 Å². The highest BCUT2D eigenvalue weighted by Gasteiger charge is 2.63. The summed E-state index contributed by atoms with van der Waals surface area (Å²) in [7, 11) is -7.46. The highest BCUT2D eigenvalue weighted by atomic mass is 32.2. The number of likely N-dealkylation sites (tertiary alicyclic amines) is 1. The van der Waals surface area contributed by atoms with Crippen molar-refractivity contribution in [1.82, 2.24) is 40.3 Å². The fraction of sp³-hybridized carbons (Fsp3) is 0.632. The van der Waals surface area contributed by atoms with Gasteiger partial charge in [0.15, 0.2) is 11.3 Å². The van der Waals surface area contributed by atoms with Gasteiger partial charge in [0.25, 0.3) is 11.8 Å². The molecule has 8 rings (SSSR count). The van der Waals surface area contributed by atoms with Gasteiger partial charge in [0.2, 0.25) is 31.9 Å². The number of alkyl halides is 3. The van der Waals surface area contributed by atoms with Crippen molar-refractivity contribution >= 4 is 72.9 Å². The molecule has 0 spiro atoms. The molecule has 9 atom stereocenters. The Morgan fingerprint density at radius 2 is 1.28 bits per heavy atom. The van der Waals surface area contributed by atoms with E-state index in [0.29, 0.717) is 44.2 Å². The van der Waals surface area contributed by atoms with Crippen LogP contribution in [0.4, 0.5) is 22.8 Å².